The summed E-state index contributed by atoms with van der Waals surface area (Å²) in [6.07, 6.45) is 1.88. The number of rotatable bonds is 6. The van der Waals surface area contributed by atoms with Gasteiger partial charge in [-0.25, -0.2) is 0 Å². The second-order valence-electron chi connectivity index (χ2n) is 5.30. The molecule has 0 atom stereocenters. The van der Waals surface area contributed by atoms with Gasteiger partial charge in [0, 0.05) is 11.3 Å². The number of anilines is 1. The average Bonchev–Trinajstić information content (AvgIpc) is 2.54. The van der Waals surface area contributed by atoms with Crippen molar-refractivity contribution in [1.82, 2.24) is 0 Å². The van der Waals surface area contributed by atoms with E-state index in [1.54, 1.807) is 0 Å². The van der Waals surface area contributed by atoms with Crippen LogP contribution in [0.5, 0.6) is 5.75 Å². The molecule has 2 nitrogen and oxygen atoms in total. The topological polar surface area (TPSA) is 21.3 Å². The smallest absolute Gasteiger partial charge is 0.122 e. The summed E-state index contributed by atoms with van der Waals surface area (Å²) < 4.78 is 5.99. The highest BCUT2D eigenvalue weighted by Crippen LogP contribution is 2.23. The fourth-order valence-electron chi connectivity index (χ4n) is 2.26. The van der Waals surface area contributed by atoms with Crippen LogP contribution in [0.15, 0.2) is 42.5 Å². The van der Waals surface area contributed by atoms with Crippen molar-refractivity contribution in [3.05, 3.63) is 59.2 Å². The van der Waals surface area contributed by atoms with Crippen LogP contribution in [0.2, 0.25) is 0 Å². The van der Waals surface area contributed by atoms with Crippen molar-refractivity contribution in [3.63, 3.8) is 0 Å². The molecule has 116 valence electrons. The maximum Gasteiger partial charge on any atom is 0.122 e. The van der Waals surface area contributed by atoms with Crippen LogP contribution in [0, 0.1) is 6.92 Å². The minimum Gasteiger partial charge on any atom is -0.489 e. The molecule has 0 radical (unpaired) electrons. The third kappa shape index (κ3) is 4.31. The molecule has 2 aromatic carbocycles. The van der Waals surface area contributed by atoms with Gasteiger partial charge in [-0.05, 0) is 43.0 Å². The maximum atomic E-state index is 5.99. The fraction of sp³-hybridized carbons (Fsp3) is 0.316. The predicted molar refractivity (Wildman–Crippen MR) is 97.8 cm³/mol. The van der Waals surface area contributed by atoms with Gasteiger partial charge in [0.25, 0.3) is 0 Å². The van der Waals surface area contributed by atoms with Crippen LogP contribution >= 0.6 is 12.2 Å². The van der Waals surface area contributed by atoms with Crippen LogP contribution in [-0.4, -0.2) is 4.99 Å². The molecule has 0 saturated carbocycles. The number of hydrogen-bond donors (Lipinski definition) is 1. The summed E-state index contributed by atoms with van der Waals surface area (Å²) in [5.74, 6) is 0.935. The Balaban J connectivity index is 2.10. The molecule has 0 aliphatic rings. The zero-order valence-corrected chi connectivity index (χ0v) is 14.3. The zero-order valence-electron chi connectivity index (χ0n) is 13.5. The van der Waals surface area contributed by atoms with Gasteiger partial charge in [0.2, 0.25) is 0 Å². The van der Waals surface area contributed by atoms with Gasteiger partial charge in [0.15, 0.2) is 0 Å². The molecule has 0 aromatic heterocycles. The third-order valence-electron chi connectivity index (χ3n) is 3.64. The summed E-state index contributed by atoms with van der Waals surface area (Å²) in [5.41, 5.74) is 4.64. The first-order valence-electron chi connectivity index (χ1n) is 7.74. The van der Waals surface area contributed by atoms with Gasteiger partial charge in [0.05, 0.1) is 4.99 Å². The first-order chi connectivity index (χ1) is 10.6. The van der Waals surface area contributed by atoms with E-state index >= 15 is 0 Å². The summed E-state index contributed by atoms with van der Waals surface area (Å²) >= 11 is 5.27. The Morgan fingerprint density at radius 1 is 1.14 bits per heavy atom. The summed E-state index contributed by atoms with van der Waals surface area (Å²) in [6.45, 7) is 6.83. The lowest BCUT2D eigenvalue weighted by Crippen LogP contribution is -2.10. The number of para-hydroxylation sites is 1. The maximum absolute atomic E-state index is 5.99. The van der Waals surface area contributed by atoms with E-state index in [-0.39, 0.29) is 0 Å². The quantitative estimate of drug-likeness (QED) is 0.733. The van der Waals surface area contributed by atoms with E-state index < -0.39 is 0 Å². The Kier molecular flexibility index (Phi) is 5.96. The molecular weight excluding hydrogens is 290 g/mol. The Morgan fingerprint density at radius 3 is 2.59 bits per heavy atom. The standard InChI is InChI=1S/C19H23NOS/c1-4-15-10-11-18(14(3)12-15)21-13-16-8-6-7-9-17(16)20-19(22)5-2/h6-12H,4-5,13H2,1-3H3,(H,20,22). The minimum atomic E-state index is 0.530. The third-order valence-corrected chi connectivity index (χ3v) is 4.03. The van der Waals surface area contributed by atoms with Crippen LogP contribution in [0.1, 0.15) is 37.0 Å². The van der Waals surface area contributed by atoms with Crippen molar-refractivity contribution in [2.75, 3.05) is 5.32 Å². The predicted octanol–water partition coefficient (Wildman–Crippen LogP) is 5.29. The molecule has 0 spiro atoms. The fourth-order valence-corrected chi connectivity index (χ4v) is 2.37. The van der Waals surface area contributed by atoms with E-state index in [1.807, 2.05) is 25.1 Å². The number of ether oxygens (including phenoxy) is 1. The summed E-state index contributed by atoms with van der Waals surface area (Å²) in [7, 11) is 0. The molecule has 0 fully saturated rings. The highest BCUT2D eigenvalue weighted by molar-refractivity contribution is 7.80. The van der Waals surface area contributed by atoms with Crippen molar-refractivity contribution in [2.24, 2.45) is 0 Å². The number of nitrogens with one attached hydrogen (secondary N) is 1. The van der Waals surface area contributed by atoms with Crippen LogP contribution in [0.25, 0.3) is 0 Å². The molecule has 22 heavy (non-hydrogen) atoms. The van der Waals surface area contributed by atoms with Crippen LogP contribution in [0.3, 0.4) is 0 Å². The van der Waals surface area contributed by atoms with Gasteiger partial charge in [-0.15, -0.1) is 0 Å². The Morgan fingerprint density at radius 2 is 1.91 bits per heavy atom. The molecule has 1 N–H and O–H groups in total. The van der Waals surface area contributed by atoms with E-state index in [9.17, 15) is 0 Å². The molecule has 3 heteroatoms. The first kappa shape index (κ1) is 16.5. The van der Waals surface area contributed by atoms with Gasteiger partial charge < -0.3 is 10.1 Å². The van der Waals surface area contributed by atoms with E-state index in [4.69, 9.17) is 17.0 Å². The van der Waals surface area contributed by atoms with E-state index in [0.717, 1.165) is 34.8 Å². The van der Waals surface area contributed by atoms with Crippen molar-refractivity contribution in [1.29, 1.82) is 0 Å². The zero-order chi connectivity index (χ0) is 15.9. The van der Waals surface area contributed by atoms with Gasteiger partial charge in [-0.1, -0.05) is 56.4 Å². The number of benzene rings is 2. The highest BCUT2D eigenvalue weighted by Gasteiger charge is 2.06. The average molecular weight is 313 g/mol. The molecule has 2 aromatic rings. The molecule has 0 amide bonds. The molecule has 0 heterocycles. The molecule has 0 saturated heterocycles. The Labute approximate surface area is 138 Å². The Hall–Kier alpha value is -1.87. The van der Waals surface area contributed by atoms with Crippen molar-refractivity contribution in [2.45, 2.75) is 40.2 Å². The van der Waals surface area contributed by atoms with Crippen molar-refractivity contribution < 1.29 is 4.74 Å². The van der Waals surface area contributed by atoms with Crippen molar-refractivity contribution in [3.8, 4) is 5.75 Å². The number of hydrogen-bond acceptors (Lipinski definition) is 2. The lowest BCUT2D eigenvalue weighted by molar-refractivity contribution is 0.304. The normalized spacial score (nSPS) is 10.3. The molecular formula is C19H23NOS. The summed E-state index contributed by atoms with van der Waals surface area (Å²) in [4.78, 5) is 0.843. The number of thiocarbonyl (C=S) groups is 1. The molecule has 0 aliphatic heterocycles. The summed E-state index contributed by atoms with van der Waals surface area (Å²) in [6, 6.07) is 14.5. The second kappa shape index (κ2) is 7.95. The molecule has 0 bridgehead atoms. The van der Waals surface area contributed by atoms with Gasteiger partial charge in [0.1, 0.15) is 12.4 Å². The monoisotopic (exact) mass is 313 g/mol. The lowest BCUT2D eigenvalue weighted by atomic mass is 10.1. The van der Waals surface area contributed by atoms with Crippen molar-refractivity contribution >= 4 is 22.9 Å². The SMILES string of the molecule is CCC(=S)Nc1ccccc1COc1ccc(CC)cc1C. The van der Waals surface area contributed by atoms with Crippen LogP contribution in [0.4, 0.5) is 5.69 Å². The van der Waals surface area contributed by atoms with E-state index in [1.165, 1.54) is 11.1 Å². The van der Waals surface area contributed by atoms with E-state index in [2.05, 4.69) is 43.4 Å². The van der Waals surface area contributed by atoms with Gasteiger partial charge in [-0.2, -0.15) is 0 Å². The van der Waals surface area contributed by atoms with Gasteiger partial charge >= 0.3 is 0 Å². The minimum absolute atomic E-state index is 0.530. The number of aryl methyl sites for hydroxylation is 2. The summed E-state index contributed by atoms with van der Waals surface area (Å²) in [5, 5.41) is 3.28. The first-order valence-corrected chi connectivity index (χ1v) is 8.15. The van der Waals surface area contributed by atoms with E-state index in [0.29, 0.717) is 6.61 Å². The van der Waals surface area contributed by atoms with Crippen LogP contribution < -0.4 is 10.1 Å². The molecule has 2 rings (SSSR count). The molecule has 0 unspecified atom stereocenters. The van der Waals surface area contributed by atoms with Gasteiger partial charge in [-0.3, -0.25) is 0 Å². The Bertz CT molecular complexity index is 652. The lowest BCUT2D eigenvalue weighted by Gasteiger charge is -2.14. The highest BCUT2D eigenvalue weighted by atomic mass is 32.1. The second-order valence-corrected chi connectivity index (χ2v) is 5.79. The largest absolute Gasteiger partial charge is 0.489 e. The van der Waals surface area contributed by atoms with Crippen LogP contribution in [-0.2, 0) is 13.0 Å². The molecule has 0 aliphatic carbocycles.